The summed E-state index contributed by atoms with van der Waals surface area (Å²) in [6.07, 6.45) is 0. The first-order valence-corrected chi connectivity index (χ1v) is 9.15. The van der Waals surface area contributed by atoms with Crippen molar-refractivity contribution in [2.24, 2.45) is 0 Å². The maximum Gasteiger partial charge on any atom is 0.302 e. The van der Waals surface area contributed by atoms with Gasteiger partial charge in [-0.25, -0.2) is 0 Å². The first kappa shape index (κ1) is 17.8. The number of aromatic nitrogens is 2. The van der Waals surface area contributed by atoms with Gasteiger partial charge in [-0.2, -0.15) is 9.46 Å². The summed E-state index contributed by atoms with van der Waals surface area (Å²) in [5.74, 6) is 0.301. The van der Waals surface area contributed by atoms with Gasteiger partial charge in [-0.15, -0.1) is 0 Å². The highest BCUT2D eigenvalue weighted by Crippen LogP contribution is 2.34. The Morgan fingerprint density at radius 3 is 1.82 bits per heavy atom. The molecule has 1 heterocycles. The van der Waals surface area contributed by atoms with E-state index in [1.165, 1.54) is 6.07 Å². The Balaban J connectivity index is 2.10. The van der Waals surface area contributed by atoms with Crippen LogP contribution in [-0.2, 0) is 0 Å². The Kier molecular flexibility index (Phi) is 4.35. The normalized spacial score (nSPS) is 11.2. The lowest BCUT2D eigenvalue weighted by atomic mass is 9.98. The molecule has 0 aliphatic carbocycles. The second-order valence-corrected chi connectivity index (χ2v) is 7.07. The molecule has 0 fully saturated rings. The van der Waals surface area contributed by atoms with E-state index < -0.39 is 0 Å². The molecule has 0 atom stereocenters. The molecule has 0 aliphatic rings. The molecule has 0 aliphatic heterocycles. The minimum Gasteiger partial charge on any atom is -0.617 e. The smallest absolute Gasteiger partial charge is 0.302 e. The SMILES string of the molecule is CC(C)c1ccc(-c2c(-c3ccccc3O)[n+]([O-])c3ccccc3[n+]2[O-])cc1. The van der Waals surface area contributed by atoms with Gasteiger partial charge in [0.15, 0.2) is 0 Å². The standard InChI is InChI=1S/C23H20N2O3/c1-15(2)16-11-13-17(14-12-16)22-23(18-7-3-6-10-21(18)26)25(28)20-9-5-4-8-19(20)24(22)27/h3-15,26H,1-2H3. The largest absolute Gasteiger partial charge is 0.617 e. The van der Waals surface area contributed by atoms with Gasteiger partial charge >= 0.3 is 5.69 Å². The van der Waals surface area contributed by atoms with Gasteiger partial charge in [0.05, 0.1) is 11.1 Å². The summed E-state index contributed by atoms with van der Waals surface area (Å²) in [6.45, 7) is 4.19. The number of phenolic OH excluding ortho intramolecular Hbond substituents is 1. The van der Waals surface area contributed by atoms with Crippen molar-refractivity contribution in [3.05, 3.63) is 88.8 Å². The molecule has 0 unspecified atom stereocenters. The van der Waals surface area contributed by atoms with Crippen molar-refractivity contribution >= 4 is 11.0 Å². The Hall–Kier alpha value is -3.60. The zero-order valence-electron chi connectivity index (χ0n) is 15.7. The van der Waals surface area contributed by atoms with E-state index in [2.05, 4.69) is 13.8 Å². The topological polar surface area (TPSA) is 74.1 Å². The first-order chi connectivity index (χ1) is 13.5. The molecule has 4 rings (SSSR count). The van der Waals surface area contributed by atoms with Crippen molar-refractivity contribution in [2.45, 2.75) is 19.8 Å². The zero-order chi connectivity index (χ0) is 19.8. The number of para-hydroxylation sites is 3. The third-order valence-corrected chi connectivity index (χ3v) is 4.96. The highest BCUT2D eigenvalue weighted by Gasteiger charge is 2.32. The summed E-state index contributed by atoms with van der Waals surface area (Å²) < 4.78 is 1.50. The number of hydrogen-bond donors (Lipinski definition) is 1. The molecule has 0 amide bonds. The van der Waals surface area contributed by atoms with Crippen LogP contribution in [0.1, 0.15) is 25.3 Å². The molecule has 3 aromatic carbocycles. The molecule has 1 aromatic heterocycles. The predicted octanol–water partition coefficient (Wildman–Crippen LogP) is 4.27. The van der Waals surface area contributed by atoms with Crippen LogP contribution in [0.25, 0.3) is 33.5 Å². The number of aromatic hydroxyl groups is 1. The summed E-state index contributed by atoms with van der Waals surface area (Å²) in [5.41, 5.74) is 2.94. The van der Waals surface area contributed by atoms with E-state index in [1.807, 2.05) is 24.3 Å². The summed E-state index contributed by atoms with van der Waals surface area (Å²) in [6, 6.07) is 20.8. The molecular weight excluding hydrogens is 352 g/mol. The van der Waals surface area contributed by atoms with Crippen molar-refractivity contribution in [1.82, 2.24) is 0 Å². The highest BCUT2D eigenvalue weighted by molar-refractivity contribution is 5.81. The van der Waals surface area contributed by atoms with Gasteiger partial charge in [-0.05, 0) is 35.7 Å². The predicted molar refractivity (Wildman–Crippen MR) is 108 cm³/mol. The number of fused-ring (bicyclic) bond motifs is 1. The first-order valence-electron chi connectivity index (χ1n) is 9.15. The van der Waals surface area contributed by atoms with Crippen molar-refractivity contribution < 1.29 is 14.6 Å². The third kappa shape index (κ3) is 2.81. The second-order valence-electron chi connectivity index (χ2n) is 7.07. The van der Waals surface area contributed by atoms with Gasteiger partial charge < -0.3 is 15.5 Å². The van der Waals surface area contributed by atoms with Crippen LogP contribution in [0.15, 0.2) is 72.8 Å². The van der Waals surface area contributed by atoms with Gasteiger partial charge in [0.25, 0.3) is 16.7 Å². The Morgan fingerprint density at radius 2 is 1.25 bits per heavy atom. The monoisotopic (exact) mass is 372 g/mol. The summed E-state index contributed by atoms with van der Waals surface area (Å²) in [7, 11) is 0. The van der Waals surface area contributed by atoms with E-state index in [1.54, 1.807) is 42.5 Å². The van der Waals surface area contributed by atoms with Crippen LogP contribution in [0, 0.1) is 10.4 Å². The molecule has 0 bridgehead atoms. The average molecular weight is 372 g/mol. The molecule has 0 saturated heterocycles. The van der Waals surface area contributed by atoms with Gasteiger partial charge in [-0.3, -0.25) is 0 Å². The molecule has 1 N–H and O–H groups in total. The summed E-state index contributed by atoms with van der Waals surface area (Å²) >= 11 is 0. The maximum absolute atomic E-state index is 13.3. The van der Waals surface area contributed by atoms with Crippen LogP contribution in [0.4, 0.5) is 0 Å². The quantitative estimate of drug-likeness (QED) is 0.431. The molecule has 4 aromatic rings. The van der Waals surface area contributed by atoms with Gasteiger partial charge in [-0.1, -0.05) is 50.2 Å². The Bertz CT molecular complexity index is 1170. The van der Waals surface area contributed by atoms with Gasteiger partial charge in [0.1, 0.15) is 5.75 Å². The maximum atomic E-state index is 13.3. The van der Waals surface area contributed by atoms with E-state index in [9.17, 15) is 15.5 Å². The Labute approximate surface area is 162 Å². The zero-order valence-corrected chi connectivity index (χ0v) is 15.7. The van der Waals surface area contributed by atoms with Crippen molar-refractivity contribution in [3.63, 3.8) is 0 Å². The molecule has 5 heteroatoms. The number of phenols is 1. The molecule has 0 radical (unpaired) electrons. The molecular formula is C23H20N2O3. The van der Waals surface area contributed by atoms with Crippen LogP contribution in [0.5, 0.6) is 5.75 Å². The van der Waals surface area contributed by atoms with Crippen LogP contribution < -0.4 is 9.46 Å². The fraction of sp³-hybridized carbons (Fsp3) is 0.130. The lowest BCUT2D eigenvalue weighted by Gasteiger charge is -2.14. The van der Waals surface area contributed by atoms with Crippen molar-refractivity contribution in [2.75, 3.05) is 0 Å². The lowest BCUT2D eigenvalue weighted by molar-refractivity contribution is -0.612. The molecule has 140 valence electrons. The van der Waals surface area contributed by atoms with E-state index in [4.69, 9.17) is 0 Å². The minimum atomic E-state index is -0.0533. The average Bonchev–Trinajstić information content (AvgIpc) is 2.71. The van der Waals surface area contributed by atoms with Crippen LogP contribution in [-0.4, -0.2) is 5.11 Å². The van der Waals surface area contributed by atoms with Gasteiger partial charge in [0, 0.05) is 12.1 Å². The molecule has 0 saturated carbocycles. The van der Waals surface area contributed by atoms with Crippen molar-refractivity contribution in [1.29, 1.82) is 0 Å². The number of benzene rings is 3. The molecule has 28 heavy (non-hydrogen) atoms. The minimum absolute atomic E-state index is 0.0533. The van der Waals surface area contributed by atoms with Crippen LogP contribution in [0.3, 0.4) is 0 Å². The number of nitrogens with zero attached hydrogens (tertiary/aromatic N) is 2. The van der Waals surface area contributed by atoms with E-state index in [0.717, 1.165) is 15.0 Å². The second kappa shape index (κ2) is 6.85. The van der Waals surface area contributed by atoms with Crippen molar-refractivity contribution in [3.8, 4) is 28.3 Å². The fourth-order valence-corrected chi connectivity index (χ4v) is 3.43. The highest BCUT2D eigenvalue weighted by atomic mass is 16.5. The number of hydrogen-bond acceptors (Lipinski definition) is 3. The van der Waals surface area contributed by atoms with E-state index >= 15 is 0 Å². The lowest BCUT2D eigenvalue weighted by Crippen LogP contribution is -2.42. The van der Waals surface area contributed by atoms with E-state index in [0.29, 0.717) is 17.0 Å². The number of rotatable bonds is 3. The van der Waals surface area contributed by atoms with Crippen LogP contribution in [0.2, 0.25) is 0 Å². The summed E-state index contributed by atoms with van der Waals surface area (Å²) in [4.78, 5) is 0. The fourth-order valence-electron chi connectivity index (χ4n) is 3.43. The van der Waals surface area contributed by atoms with E-state index in [-0.39, 0.29) is 28.2 Å². The van der Waals surface area contributed by atoms with Gasteiger partial charge in [0.2, 0.25) is 0 Å². The van der Waals surface area contributed by atoms with Crippen LogP contribution >= 0.6 is 0 Å². The Morgan fingerprint density at radius 1 is 0.714 bits per heavy atom. The molecule has 0 spiro atoms. The summed E-state index contributed by atoms with van der Waals surface area (Å²) in [5, 5.41) is 36.9. The molecule has 5 nitrogen and oxygen atoms in total. The third-order valence-electron chi connectivity index (χ3n) is 4.96.